The van der Waals surface area contributed by atoms with Crippen LogP contribution in [0.4, 0.5) is 0 Å². The molecule has 0 bridgehead atoms. The third kappa shape index (κ3) is 7.64. The van der Waals surface area contributed by atoms with Crippen molar-refractivity contribution in [3.05, 3.63) is 60.2 Å². The lowest BCUT2D eigenvalue weighted by molar-refractivity contribution is -0.158. The van der Waals surface area contributed by atoms with Gasteiger partial charge in [0.15, 0.2) is 0 Å². The van der Waals surface area contributed by atoms with Gasteiger partial charge in [-0.2, -0.15) is 0 Å². The lowest BCUT2D eigenvalue weighted by atomic mass is 9.83. The molecule has 1 aliphatic carbocycles. The van der Waals surface area contributed by atoms with Crippen molar-refractivity contribution in [3.8, 4) is 0 Å². The first-order chi connectivity index (χ1) is 16.2. The summed E-state index contributed by atoms with van der Waals surface area (Å²) in [7, 11) is 0. The molecule has 1 aliphatic rings. The zero-order chi connectivity index (χ0) is 24.6. The predicted octanol–water partition coefficient (Wildman–Crippen LogP) is 3.22. The summed E-state index contributed by atoms with van der Waals surface area (Å²) in [4.78, 5) is 47.3. The van der Waals surface area contributed by atoms with Crippen molar-refractivity contribution >= 4 is 17.8 Å². The molecule has 1 aromatic heterocycles. The number of benzene rings is 1. The van der Waals surface area contributed by atoms with E-state index in [-0.39, 0.29) is 18.0 Å². The topological polar surface area (TPSA) is 110 Å². The van der Waals surface area contributed by atoms with Gasteiger partial charge in [0, 0.05) is 18.8 Å². The van der Waals surface area contributed by atoms with E-state index in [0.29, 0.717) is 0 Å². The van der Waals surface area contributed by atoms with Crippen LogP contribution in [-0.4, -0.2) is 45.4 Å². The molecule has 0 spiro atoms. The number of nitrogens with one attached hydrogen (secondary N) is 2. The lowest BCUT2D eigenvalue weighted by Crippen LogP contribution is -2.56. The number of amides is 2. The molecule has 34 heavy (non-hydrogen) atoms. The first-order valence-corrected chi connectivity index (χ1v) is 11.9. The van der Waals surface area contributed by atoms with E-state index < -0.39 is 35.5 Å². The van der Waals surface area contributed by atoms with Crippen LogP contribution in [-0.2, 0) is 20.7 Å². The van der Waals surface area contributed by atoms with Gasteiger partial charge in [-0.15, -0.1) is 0 Å². The molecule has 2 amide bonds. The van der Waals surface area contributed by atoms with Gasteiger partial charge >= 0.3 is 5.97 Å². The molecule has 1 fully saturated rings. The van der Waals surface area contributed by atoms with Gasteiger partial charge in [0.1, 0.15) is 23.4 Å². The van der Waals surface area contributed by atoms with Crippen molar-refractivity contribution in [1.29, 1.82) is 0 Å². The first-order valence-electron chi connectivity index (χ1n) is 11.9. The smallest absolute Gasteiger partial charge is 0.329 e. The minimum atomic E-state index is -0.881. The monoisotopic (exact) mass is 466 g/mol. The van der Waals surface area contributed by atoms with Gasteiger partial charge in [-0.3, -0.25) is 14.6 Å². The number of hydrogen-bond donors (Lipinski definition) is 2. The molecule has 182 valence electrons. The molecule has 0 saturated heterocycles. The van der Waals surface area contributed by atoms with Crippen molar-refractivity contribution in [1.82, 2.24) is 20.6 Å². The Bertz CT molecular complexity index is 954. The average molecular weight is 467 g/mol. The van der Waals surface area contributed by atoms with Gasteiger partial charge in [0.05, 0.1) is 6.20 Å². The van der Waals surface area contributed by atoms with E-state index in [4.69, 9.17) is 4.74 Å². The fourth-order valence-electron chi connectivity index (χ4n) is 4.17. The minimum absolute atomic E-state index is 0.0228. The largest absolute Gasteiger partial charge is 0.458 e. The standard InChI is InChI=1S/C26H34N4O4/c1-26(2,3)34-25(33)20(16-18-10-6-4-7-11-18)29-24(32)22(19-12-8-5-9-13-19)30-23(31)21-17-27-14-15-28-21/h4,6-7,10-11,14-15,17,19-20,22H,5,8-9,12-13,16H2,1-3H3,(H,29,32)(H,30,31). The SMILES string of the molecule is CC(C)(C)OC(=O)C(Cc1ccccc1)NC(=O)C(NC(=O)c1cnccn1)C1CCCCC1. The Morgan fingerprint density at radius 1 is 1.03 bits per heavy atom. The molecule has 1 aromatic carbocycles. The number of hydrogen-bond acceptors (Lipinski definition) is 6. The van der Waals surface area contributed by atoms with Crippen LogP contribution in [0.1, 0.15) is 68.9 Å². The zero-order valence-corrected chi connectivity index (χ0v) is 20.1. The van der Waals surface area contributed by atoms with Crippen LogP contribution >= 0.6 is 0 Å². The van der Waals surface area contributed by atoms with Crippen LogP contribution in [0, 0.1) is 5.92 Å². The summed E-state index contributed by atoms with van der Waals surface area (Å²) in [5.41, 5.74) is 0.347. The molecule has 0 aliphatic heterocycles. The van der Waals surface area contributed by atoms with Crippen molar-refractivity contribution in [3.63, 3.8) is 0 Å². The molecule has 2 aromatic rings. The van der Waals surface area contributed by atoms with E-state index in [1.165, 1.54) is 18.6 Å². The van der Waals surface area contributed by atoms with Crippen LogP contribution in [0.25, 0.3) is 0 Å². The maximum Gasteiger partial charge on any atom is 0.329 e. The van der Waals surface area contributed by atoms with Gasteiger partial charge in [-0.25, -0.2) is 9.78 Å². The fraction of sp³-hybridized carbons (Fsp3) is 0.500. The molecule has 2 unspecified atom stereocenters. The number of rotatable bonds is 8. The van der Waals surface area contributed by atoms with E-state index in [2.05, 4.69) is 20.6 Å². The van der Waals surface area contributed by atoms with Crippen LogP contribution in [0.15, 0.2) is 48.9 Å². The Morgan fingerprint density at radius 2 is 1.74 bits per heavy atom. The van der Waals surface area contributed by atoms with Gasteiger partial charge in [0.25, 0.3) is 5.91 Å². The number of carbonyl (C=O) groups excluding carboxylic acids is 3. The second-order valence-corrected chi connectivity index (χ2v) is 9.72. The zero-order valence-electron chi connectivity index (χ0n) is 20.1. The van der Waals surface area contributed by atoms with Crippen LogP contribution < -0.4 is 10.6 Å². The summed E-state index contributed by atoms with van der Waals surface area (Å²) in [5.74, 6) is -1.38. The van der Waals surface area contributed by atoms with Gasteiger partial charge in [0.2, 0.25) is 5.91 Å². The number of aromatic nitrogens is 2. The average Bonchev–Trinajstić information content (AvgIpc) is 2.82. The third-order valence-corrected chi connectivity index (χ3v) is 5.78. The van der Waals surface area contributed by atoms with Gasteiger partial charge in [-0.1, -0.05) is 49.6 Å². The van der Waals surface area contributed by atoms with E-state index in [9.17, 15) is 14.4 Å². The number of carbonyl (C=O) groups is 3. The van der Waals surface area contributed by atoms with Crippen LogP contribution in [0.2, 0.25) is 0 Å². The second kappa shape index (κ2) is 11.7. The van der Waals surface area contributed by atoms with Crippen LogP contribution in [0.5, 0.6) is 0 Å². The third-order valence-electron chi connectivity index (χ3n) is 5.78. The normalized spacial score (nSPS) is 16.2. The highest BCUT2D eigenvalue weighted by molar-refractivity contribution is 5.96. The Morgan fingerprint density at radius 3 is 2.35 bits per heavy atom. The predicted molar refractivity (Wildman–Crippen MR) is 128 cm³/mol. The summed E-state index contributed by atoms with van der Waals surface area (Å²) in [6.45, 7) is 5.37. The number of ether oxygens (including phenoxy) is 1. The Balaban J connectivity index is 1.80. The first kappa shape index (κ1) is 25.3. The summed E-state index contributed by atoms with van der Waals surface area (Å²) in [6, 6.07) is 7.80. The highest BCUT2D eigenvalue weighted by Crippen LogP contribution is 2.27. The van der Waals surface area contributed by atoms with E-state index in [0.717, 1.165) is 37.7 Å². The van der Waals surface area contributed by atoms with Gasteiger partial charge < -0.3 is 15.4 Å². The molecule has 2 atom stereocenters. The lowest BCUT2D eigenvalue weighted by Gasteiger charge is -2.31. The summed E-state index contributed by atoms with van der Waals surface area (Å²) in [6.07, 6.45) is 9.33. The molecule has 1 saturated carbocycles. The van der Waals surface area contributed by atoms with Crippen molar-refractivity contribution in [2.24, 2.45) is 5.92 Å². The summed E-state index contributed by atoms with van der Waals surface area (Å²) in [5, 5.41) is 5.73. The molecule has 8 heteroatoms. The number of esters is 1. The Labute approximate surface area is 200 Å². The molecule has 2 N–H and O–H groups in total. The van der Waals surface area contributed by atoms with Crippen molar-refractivity contribution < 1.29 is 19.1 Å². The second-order valence-electron chi connectivity index (χ2n) is 9.72. The summed E-state index contributed by atoms with van der Waals surface area (Å²) < 4.78 is 5.59. The molecular weight excluding hydrogens is 432 g/mol. The highest BCUT2D eigenvalue weighted by atomic mass is 16.6. The van der Waals surface area contributed by atoms with Crippen molar-refractivity contribution in [2.75, 3.05) is 0 Å². The van der Waals surface area contributed by atoms with E-state index in [1.54, 1.807) is 20.8 Å². The highest BCUT2D eigenvalue weighted by Gasteiger charge is 2.35. The summed E-state index contributed by atoms with van der Waals surface area (Å²) >= 11 is 0. The molecule has 3 rings (SSSR count). The van der Waals surface area contributed by atoms with Crippen LogP contribution in [0.3, 0.4) is 0 Å². The van der Waals surface area contributed by atoms with E-state index >= 15 is 0 Å². The Kier molecular flexibility index (Phi) is 8.73. The quantitative estimate of drug-likeness (QED) is 0.578. The minimum Gasteiger partial charge on any atom is -0.458 e. The Hall–Kier alpha value is -3.29. The maximum atomic E-state index is 13.5. The van der Waals surface area contributed by atoms with Crippen molar-refractivity contribution in [2.45, 2.75) is 77.0 Å². The van der Waals surface area contributed by atoms with Gasteiger partial charge in [-0.05, 0) is 45.1 Å². The molecule has 0 radical (unpaired) electrons. The number of nitrogens with zero attached hydrogens (tertiary/aromatic N) is 2. The molecular formula is C26H34N4O4. The van der Waals surface area contributed by atoms with E-state index in [1.807, 2.05) is 30.3 Å². The molecule has 1 heterocycles. The maximum absolute atomic E-state index is 13.5. The fourth-order valence-corrected chi connectivity index (χ4v) is 4.17. The molecule has 8 nitrogen and oxygen atoms in total.